The molecular formula is C21H20N2O3. The van der Waals surface area contributed by atoms with Crippen LogP contribution < -0.4 is 10.2 Å². The van der Waals surface area contributed by atoms with Crippen molar-refractivity contribution >= 4 is 22.9 Å². The molecule has 0 saturated carbocycles. The van der Waals surface area contributed by atoms with Crippen LogP contribution in [0.25, 0.3) is 10.8 Å². The topological polar surface area (TPSA) is 70.9 Å². The predicted molar refractivity (Wildman–Crippen MR) is 103 cm³/mol. The molecule has 0 spiro atoms. The minimum absolute atomic E-state index is 0.0765. The van der Waals surface area contributed by atoms with Gasteiger partial charge in [0.05, 0.1) is 12.3 Å². The van der Waals surface area contributed by atoms with Crippen LogP contribution in [-0.2, 0) is 0 Å². The first-order valence-corrected chi connectivity index (χ1v) is 8.35. The molecule has 0 saturated heterocycles. The number of fused-ring (bicyclic) bond motifs is 1. The number of hydrogen-bond donors (Lipinski definition) is 2. The molecule has 0 atom stereocenters. The molecule has 0 radical (unpaired) electrons. The molecule has 132 valence electrons. The molecule has 0 aliphatic carbocycles. The molecule has 3 aromatic rings. The standard InChI is InChI=1S/C21H20N2O3/c1-14(2)26-17-10-7-16(8-11-17)21(25)23-22-13-19-18-6-4-3-5-15(18)9-12-20(19)24/h3-14,24H,1-2H3,(H,23,25). The Morgan fingerprint density at radius 2 is 1.81 bits per heavy atom. The number of hydrogen-bond acceptors (Lipinski definition) is 4. The van der Waals surface area contributed by atoms with Gasteiger partial charge < -0.3 is 9.84 Å². The van der Waals surface area contributed by atoms with Gasteiger partial charge in [-0.25, -0.2) is 5.43 Å². The summed E-state index contributed by atoms with van der Waals surface area (Å²) in [5, 5.41) is 15.9. The highest BCUT2D eigenvalue weighted by Gasteiger charge is 2.07. The monoisotopic (exact) mass is 348 g/mol. The molecular weight excluding hydrogens is 328 g/mol. The second-order valence-electron chi connectivity index (χ2n) is 6.11. The molecule has 5 nitrogen and oxygen atoms in total. The molecule has 2 N–H and O–H groups in total. The lowest BCUT2D eigenvalue weighted by Gasteiger charge is -2.09. The summed E-state index contributed by atoms with van der Waals surface area (Å²) in [7, 11) is 0. The van der Waals surface area contributed by atoms with Gasteiger partial charge in [-0.3, -0.25) is 4.79 Å². The number of aromatic hydroxyl groups is 1. The Bertz CT molecular complexity index is 947. The summed E-state index contributed by atoms with van der Waals surface area (Å²) in [5.41, 5.74) is 3.51. The van der Waals surface area contributed by atoms with Crippen molar-refractivity contribution in [3.63, 3.8) is 0 Å². The third-order valence-corrected chi connectivity index (χ3v) is 3.80. The Balaban J connectivity index is 1.73. The molecule has 0 bridgehead atoms. The summed E-state index contributed by atoms with van der Waals surface area (Å²) < 4.78 is 5.55. The van der Waals surface area contributed by atoms with Crippen LogP contribution in [0.15, 0.2) is 65.8 Å². The number of amides is 1. The number of rotatable bonds is 5. The van der Waals surface area contributed by atoms with Crippen LogP contribution >= 0.6 is 0 Å². The number of ether oxygens (including phenoxy) is 1. The molecule has 3 aromatic carbocycles. The molecule has 0 fully saturated rings. The molecule has 0 heterocycles. The number of hydrazone groups is 1. The second kappa shape index (κ2) is 7.70. The van der Waals surface area contributed by atoms with Crippen LogP contribution in [0.4, 0.5) is 0 Å². The summed E-state index contributed by atoms with van der Waals surface area (Å²) in [4.78, 5) is 12.2. The maximum Gasteiger partial charge on any atom is 0.271 e. The van der Waals surface area contributed by atoms with Crippen molar-refractivity contribution < 1.29 is 14.6 Å². The van der Waals surface area contributed by atoms with E-state index in [1.165, 1.54) is 6.21 Å². The minimum Gasteiger partial charge on any atom is -0.507 e. The summed E-state index contributed by atoms with van der Waals surface area (Å²) in [6, 6.07) is 17.9. The zero-order valence-corrected chi connectivity index (χ0v) is 14.6. The highest BCUT2D eigenvalue weighted by atomic mass is 16.5. The third kappa shape index (κ3) is 4.00. The molecule has 0 aromatic heterocycles. The first-order valence-electron chi connectivity index (χ1n) is 8.35. The smallest absolute Gasteiger partial charge is 0.271 e. The van der Waals surface area contributed by atoms with E-state index in [2.05, 4.69) is 10.5 Å². The van der Waals surface area contributed by atoms with Gasteiger partial charge in [-0.2, -0.15) is 5.10 Å². The fourth-order valence-electron chi connectivity index (χ4n) is 2.60. The van der Waals surface area contributed by atoms with Crippen LogP contribution in [-0.4, -0.2) is 23.3 Å². The normalized spacial score (nSPS) is 11.2. The van der Waals surface area contributed by atoms with E-state index in [0.717, 1.165) is 10.8 Å². The fraction of sp³-hybridized carbons (Fsp3) is 0.143. The summed E-state index contributed by atoms with van der Waals surface area (Å²) in [6.45, 7) is 3.88. The van der Waals surface area contributed by atoms with Crippen LogP contribution in [0.3, 0.4) is 0 Å². The van der Waals surface area contributed by atoms with E-state index in [0.29, 0.717) is 16.9 Å². The van der Waals surface area contributed by atoms with Crippen molar-refractivity contribution in [2.75, 3.05) is 0 Å². The van der Waals surface area contributed by atoms with Crippen LogP contribution in [0, 0.1) is 0 Å². The Hall–Kier alpha value is -3.34. The molecule has 0 aliphatic heterocycles. The number of carbonyl (C=O) groups is 1. The van der Waals surface area contributed by atoms with Gasteiger partial charge in [0.25, 0.3) is 5.91 Å². The third-order valence-electron chi connectivity index (χ3n) is 3.80. The predicted octanol–water partition coefficient (Wildman–Crippen LogP) is 4.10. The van der Waals surface area contributed by atoms with Crippen molar-refractivity contribution in [1.82, 2.24) is 5.43 Å². The highest BCUT2D eigenvalue weighted by molar-refractivity contribution is 6.03. The van der Waals surface area contributed by atoms with Gasteiger partial charge in [0.2, 0.25) is 0 Å². The Morgan fingerprint density at radius 1 is 1.08 bits per heavy atom. The molecule has 1 amide bonds. The summed E-state index contributed by atoms with van der Waals surface area (Å²) in [6.07, 6.45) is 1.53. The van der Waals surface area contributed by atoms with Gasteiger partial charge in [0.15, 0.2) is 0 Å². The van der Waals surface area contributed by atoms with E-state index >= 15 is 0 Å². The average Bonchev–Trinajstić information content (AvgIpc) is 2.63. The molecule has 0 aliphatic rings. The first kappa shape index (κ1) is 17.5. The van der Waals surface area contributed by atoms with E-state index in [1.54, 1.807) is 30.3 Å². The van der Waals surface area contributed by atoms with Gasteiger partial charge in [-0.15, -0.1) is 0 Å². The van der Waals surface area contributed by atoms with E-state index in [4.69, 9.17) is 4.74 Å². The van der Waals surface area contributed by atoms with Gasteiger partial charge in [-0.05, 0) is 55.0 Å². The lowest BCUT2D eigenvalue weighted by Crippen LogP contribution is -2.17. The van der Waals surface area contributed by atoms with Crippen molar-refractivity contribution in [3.8, 4) is 11.5 Å². The number of nitrogens with one attached hydrogen (secondary N) is 1. The van der Waals surface area contributed by atoms with Gasteiger partial charge in [-0.1, -0.05) is 30.3 Å². The van der Waals surface area contributed by atoms with Crippen molar-refractivity contribution in [2.45, 2.75) is 20.0 Å². The van der Waals surface area contributed by atoms with Gasteiger partial charge in [0.1, 0.15) is 11.5 Å². The van der Waals surface area contributed by atoms with Crippen LogP contribution in [0.5, 0.6) is 11.5 Å². The second-order valence-corrected chi connectivity index (χ2v) is 6.11. The Morgan fingerprint density at radius 3 is 2.54 bits per heavy atom. The maximum atomic E-state index is 12.2. The Kier molecular flexibility index (Phi) is 5.17. The zero-order valence-electron chi connectivity index (χ0n) is 14.6. The quantitative estimate of drug-likeness (QED) is 0.539. The van der Waals surface area contributed by atoms with Gasteiger partial charge in [0, 0.05) is 11.1 Å². The largest absolute Gasteiger partial charge is 0.507 e. The maximum absolute atomic E-state index is 12.2. The SMILES string of the molecule is CC(C)Oc1ccc(C(=O)NN=Cc2c(O)ccc3ccccc23)cc1. The van der Waals surface area contributed by atoms with E-state index in [-0.39, 0.29) is 17.8 Å². The van der Waals surface area contributed by atoms with Crippen molar-refractivity contribution in [1.29, 1.82) is 0 Å². The minimum atomic E-state index is -0.336. The van der Waals surface area contributed by atoms with E-state index in [9.17, 15) is 9.90 Å². The number of phenolic OH excluding ortho intramolecular Hbond substituents is 1. The van der Waals surface area contributed by atoms with E-state index in [1.807, 2.05) is 44.2 Å². The molecule has 3 rings (SSSR count). The summed E-state index contributed by atoms with van der Waals surface area (Å²) >= 11 is 0. The number of phenols is 1. The van der Waals surface area contributed by atoms with Crippen LogP contribution in [0.2, 0.25) is 0 Å². The lowest BCUT2D eigenvalue weighted by molar-refractivity contribution is 0.0955. The lowest BCUT2D eigenvalue weighted by atomic mass is 10.0. The highest BCUT2D eigenvalue weighted by Crippen LogP contribution is 2.25. The fourth-order valence-corrected chi connectivity index (χ4v) is 2.60. The molecule has 5 heteroatoms. The summed E-state index contributed by atoms with van der Waals surface area (Å²) in [5.74, 6) is 0.481. The van der Waals surface area contributed by atoms with Crippen molar-refractivity contribution in [2.24, 2.45) is 5.10 Å². The Labute approximate surface area is 151 Å². The van der Waals surface area contributed by atoms with Gasteiger partial charge >= 0.3 is 0 Å². The van der Waals surface area contributed by atoms with E-state index < -0.39 is 0 Å². The van der Waals surface area contributed by atoms with Crippen molar-refractivity contribution in [3.05, 3.63) is 71.8 Å². The first-order chi connectivity index (χ1) is 12.5. The molecule has 26 heavy (non-hydrogen) atoms. The molecule has 0 unspecified atom stereocenters. The van der Waals surface area contributed by atoms with Crippen LogP contribution in [0.1, 0.15) is 29.8 Å². The number of carbonyl (C=O) groups excluding carboxylic acids is 1. The number of nitrogens with zero attached hydrogens (tertiary/aromatic N) is 1. The number of benzene rings is 3. The zero-order chi connectivity index (χ0) is 18.5. The average molecular weight is 348 g/mol.